The molecule has 1 amide bonds. The summed E-state index contributed by atoms with van der Waals surface area (Å²) < 4.78 is 5.36. The quantitative estimate of drug-likeness (QED) is 0.865. The average Bonchev–Trinajstić information content (AvgIpc) is 3.17. The van der Waals surface area contributed by atoms with E-state index in [0.717, 1.165) is 42.8 Å². The molecule has 0 unspecified atom stereocenters. The molecule has 28 heavy (non-hydrogen) atoms. The van der Waals surface area contributed by atoms with Gasteiger partial charge in [0.1, 0.15) is 17.8 Å². The highest BCUT2D eigenvalue weighted by atomic mass is 16.6. The molecule has 2 aromatic rings. The lowest BCUT2D eigenvalue weighted by Crippen LogP contribution is -2.47. The number of hydrogen-bond acceptors (Lipinski definition) is 5. The third-order valence-corrected chi connectivity index (χ3v) is 6.65. The molecule has 3 heterocycles. The molecule has 7 nitrogen and oxygen atoms in total. The van der Waals surface area contributed by atoms with Crippen LogP contribution in [0.3, 0.4) is 0 Å². The number of ether oxygens (including phenoxy) is 1. The molecule has 7 heteroatoms. The van der Waals surface area contributed by atoms with Crippen LogP contribution in [0.15, 0.2) is 18.6 Å². The molecule has 0 atom stereocenters. The van der Waals surface area contributed by atoms with E-state index in [2.05, 4.69) is 33.0 Å². The molecule has 2 aromatic heterocycles. The number of amides is 1. The lowest BCUT2D eigenvalue weighted by atomic mass is 9.67. The average molecular weight is 386 g/mol. The van der Waals surface area contributed by atoms with Crippen molar-refractivity contribution in [1.82, 2.24) is 19.9 Å². The van der Waals surface area contributed by atoms with Gasteiger partial charge in [0, 0.05) is 32.4 Å². The van der Waals surface area contributed by atoms with Crippen molar-refractivity contribution in [1.29, 1.82) is 0 Å². The Hall–Kier alpha value is -2.31. The summed E-state index contributed by atoms with van der Waals surface area (Å²) in [6.45, 7) is 5.45. The van der Waals surface area contributed by atoms with Crippen LogP contribution in [0.1, 0.15) is 52.4 Å². The maximum Gasteiger partial charge on any atom is 0.410 e. The molecule has 2 fully saturated rings. The zero-order valence-electron chi connectivity index (χ0n) is 17.1. The van der Waals surface area contributed by atoms with Gasteiger partial charge < -0.3 is 19.5 Å². The van der Waals surface area contributed by atoms with Crippen LogP contribution in [0.25, 0.3) is 11.0 Å². The Balaban J connectivity index is 1.35. The van der Waals surface area contributed by atoms with E-state index in [4.69, 9.17) is 4.74 Å². The Morgan fingerprint density at radius 1 is 1.25 bits per heavy atom. The minimum absolute atomic E-state index is 0.0531. The normalized spacial score (nSPS) is 20.1. The van der Waals surface area contributed by atoms with Gasteiger partial charge in [-0.1, -0.05) is 0 Å². The number of fused-ring (bicyclic) bond motifs is 1. The summed E-state index contributed by atoms with van der Waals surface area (Å²) in [4.78, 5) is 28.4. The Morgan fingerprint density at radius 3 is 2.64 bits per heavy atom. The van der Waals surface area contributed by atoms with Gasteiger partial charge in [0.2, 0.25) is 0 Å². The molecule has 0 bridgehead atoms. The topological polar surface area (TPSA) is 74.3 Å². The second-order valence-electron chi connectivity index (χ2n) is 8.70. The standard InChI is InChI=1S/C21H31N5O2/c1-15(2)28-20(27)26-12-9-21(10-13-26)7-4-16(5-8-21)25(3)19-17-6-11-22-18(17)23-14-24-19/h6,11,14-16H,4-5,7-10,12-13H2,1-3H3,(H,22,23,24). The highest BCUT2D eigenvalue weighted by Crippen LogP contribution is 2.46. The molecule has 2 aliphatic rings. The highest BCUT2D eigenvalue weighted by Gasteiger charge is 2.40. The van der Waals surface area contributed by atoms with E-state index >= 15 is 0 Å². The summed E-state index contributed by atoms with van der Waals surface area (Å²) >= 11 is 0. The molecule has 1 aliphatic carbocycles. The van der Waals surface area contributed by atoms with E-state index < -0.39 is 0 Å². The van der Waals surface area contributed by atoms with Crippen molar-refractivity contribution in [3.8, 4) is 0 Å². The van der Waals surface area contributed by atoms with Crippen LogP contribution in [0.4, 0.5) is 10.6 Å². The number of nitrogens with one attached hydrogen (secondary N) is 1. The summed E-state index contributed by atoms with van der Waals surface area (Å²) in [5.74, 6) is 1.01. The van der Waals surface area contributed by atoms with Crippen molar-refractivity contribution < 1.29 is 9.53 Å². The highest BCUT2D eigenvalue weighted by molar-refractivity contribution is 5.87. The lowest BCUT2D eigenvalue weighted by molar-refractivity contribution is 0.0342. The molecule has 1 N–H and O–H groups in total. The summed E-state index contributed by atoms with van der Waals surface area (Å²) in [6, 6.07) is 2.56. The maximum atomic E-state index is 12.1. The molecule has 1 aliphatic heterocycles. The monoisotopic (exact) mass is 385 g/mol. The Morgan fingerprint density at radius 2 is 1.96 bits per heavy atom. The van der Waals surface area contributed by atoms with Crippen LogP contribution in [0, 0.1) is 5.41 Å². The molecular weight excluding hydrogens is 354 g/mol. The van der Waals surface area contributed by atoms with Gasteiger partial charge in [-0.15, -0.1) is 0 Å². The molecule has 1 spiro atoms. The van der Waals surface area contributed by atoms with Crippen LogP contribution in [0.5, 0.6) is 0 Å². The van der Waals surface area contributed by atoms with Crippen molar-refractivity contribution in [2.75, 3.05) is 25.0 Å². The van der Waals surface area contributed by atoms with Crippen molar-refractivity contribution in [2.24, 2.45) is 5.41 Å². The van der Waals surface area contributed by atoms with Gasteiger partial charge in [0.25, 0.3) is 0 Å². The largest absolute Gasteiger partial charge is 0.447 e. The predicted octanol–water partition coefficient (Wildman–Crippen LogP) is 3.96. The minimum atomic E-state index is -0.155. The molecule has 4 rings (SSSR count). The second kappa shape index (κ2) is 7.60. The number of aromatic nitrogens is 3. The fourth-order valence-electron chi connectivity index (χ4n) is 4.85. The van der Waals surface area contributed by atoms with Crippen molar-refractivity contribution in [3.63, 3.8) is 0 Å². The second-order valence-corrected chi connectivity index (χ2v) is 8.70. The Bertz CT molecular complexity index is 815. The number of piperidine rings is 1. The first-order valence-corrected chi connectivity index (χ1v) is 10.4. The summed E-state index contributed by atoms with van der Waals surface area (Å²) in [5.41, 5.74) is 1.28. The van der Waals surface area contributed by atoms with E-state index in [-0.39, 0.29) is 12.2 Å². The smallest absolute Gasteiger partial charge is 0.410 e. The third-order valence-electron chi connectivity index (χ3n) is 6.65. The first-order valence-electron chi connectivity index (χ1n) is 10.4. The molecule has 0 aromatic carbocycles. The lowest BCUT2D eigenvalue weighted by Gasteiger charge is -2.47. The number of carbonyl (C=O) groups excluding carboxylic acids is 1. The molecule has 152 valence electrons. The zero-order valence-corrected chi connectivity index (χ0v) is 17.1. The van der Waals surface area contributed by atoms with Gasteiger partial charge in [-0.3, -0.25) is 0 Å². The summed E-state index contributed by atoms with van der Waals surface area (Å²) in [6.07, 6.45) is 10.3. The van der Waals surface area contributed by atoms with Gasteiger partial charge in [0.15, 0.2) is 0 Å². The first kappa shape index (κ1) is 19.0. The Kier molecular flexibility index (Phi) is 5.17. The number of anilines is 1. The van der Waals surface area contributed by atoms with Gasteiger partial charge in [-0.25, -0.2) is 14.8 Å². The van der Waals surface area contributed by atoms with E-state index in [9.17, 15) is 4.79 Å². The van der Waals surface area contributed by atoms with E-state index in [0.29, 0.717) is 11.5 Å². The first-order chi connectivity index (χ1) is 13.5. The van der Waals surface area contributed by atoms with Crippen molar-refractivity contribution in [2.45, 2.75) is 64.5 Å². The van der Waals surface area contributed by atoms with Crippen molar-refractivity contribution >= 4 is 22.9 Å². The number of likely N-dealkylation sites (tertiary alicyclic amines) is 1. The Labute approximate surface area is 166 Å². The molecule has 1 saturated heterocycles. The van der Waals surface area contributed by atoms with Crippen LogP contribution >= 0.6 is 0 Å². The molecule has 1 saturated carbocycles. The van der Waals surface area contributed by atoms with E-state index in [1.54, 1.807) is 6.33 Å². The van der Waals surface area contributed by atoms with Crippen LogP contribution in [0.2, 0.25) is 0 Å². The van der Waals surface area contributed by atoms with Crippen LogP contribution in [-0.4, -0.2) is 58.2 Å². The fourth-order valence-corrected chi connectivity index (χ4v) is 4.85. The summed E-state index contributed by atoms with van der Waals surface area (Å²) in [7, 11) is 2.15. The van der Waals surface area contributed by atoms with Gasteiger partial charge in [0.05, 0.1) is 11.5 Å². The minimum Gasteiger partial charge on any atom is -0.447 e. The summed E-state index contributed by atoms with van der Waals surface area (Å²) in [5, 5.41) is 1.09. The molecule has 0 radical (unpaired) electrons. The fraction of sp³-hybridized carbons (Fsp3) is 0.667. The van der Waals surface area contributed by atoms with Crippen molar-refractivity contribution in [3.05, 3.63) is 18.6 Å². The maximum absolute atomic E-state index is 12.1. The van der Waals surface area contributed by atoms with Crippen LogP contribution < -0.4 is 4.90 Å². The number of aromatic amines is 1. The van der Waals surface area contributed by atoms with E-state index in [1.165, 1.54) is 25.7 Å². The number of rotatable bonds is 3. The zero-order chi connectivity index (χ0) is 19.7. The van der Waals surface area contributed by atoms with Gasteiger partial charge in [-0.2, -0.15) is 0 Å². The number of H-pyrrole nitrogens is 1. The van der Waals surface area contributed by atoms with Gasteiger partial charge >= 0.3 is 6.09 Å². The van der Waals surface area contributed by atoms with Crippen LogP contribution in [-0.2, 0) is 4.74 Å². The molecular formula is C21H31N5O2. The number of nitrogens with zero attached hydrogens (tertiary/aromatic N) is 4. The number of hydrogen-bond donors (Lipinski definition) is 1. The predicted molar refractivity (Wildman–Crippen MR) is 109 cm³/mol. The van der Waals surface area contributed by atoms with E-state index in [1.807, 2.05) is 24.9 Å². The number of carbonyl (C=O) groups is 1. The SMILES string of the molecule is CC(C)OC(=O)N1CCC2(CCC(N(C)c3ncnc4[nH]ccc34)CC2)CC1. The third kappa shape index (κ3) is 3.66. The van der Waals surface area contributed by atoms with Gasteiger partial charge in [-0.05, 0) is 63.9 Å².